The number of nitrogens with one attached hydrogen (secondary N) is 2. The van der Waals surface area contributed by atoms with Gasteiger partial charge in [0.1, 0.15) is 5.82 Å². The summed E-state index contributed by atoms with van der Waals surface area (Å²) in [5.41, 5.74) is 0.267. The van der Waals surface area contributed by atoms with Gasteiger partial charge in [0, 0.05) is 6.08 Å². The van der Waals surface area contributed by atoms with E-state index >= 15 is 0 Å². The van der Waals surface area contributed by atoms with Gasteiger partial charge in [-0.05, 0) is 35.9 Å². The van der Waals surface area contributed by atoms with Crippen molar-refractivity contribution >= 4 is 29.7 Å². The van der Waals surface area contributed by atoms with E-state index in [2.05, 4.69) is 10.1 Å². The zero-order valence-electron chi connectivity index (χ0n) is 14.7. The molecule has 0 fully saturated rings. The van der Waals surface area contributed by atoms with Crippen LogP contribution in [0.2, 0.25) is 0 Å². The molecule has 7 nitrogen and oxygen atoms in total. The largest absolute Gasteiger partial charge is 0.494 e. The molecule has 0 saturated carbocycles. The summed E-state index contributed by atoms with van der Waals surface area (Å²) in [5.74, 6) is -2.99. The highest BCUT2D eigenvalue weighted by Gasteiger charge is 2.11. The summed E-state index contributed by atoms with van der Waals surface area (Å²) in [5, 5.41) is 4.03. The number of carbonyl (C=O) groups excluding carboxylic acids is 3. The molecule has 146 valence electrons. The van der Waals surface area contributed by atoms with Crippen LogP contribution in [0.3, 0.4) is 0 Å². The van der Waals surface area contributed by atoms with Gasteiger partial charge in [-0.25, -0.2) is 18.4 Å². The molecule has 28 heavy (non-hydrogen) atoms. The Morgan fingerprint density at radius 1 is 1.07 bits per heavy atom. The summed E-state index contributed by atoms with van der Waals surface area (Å²) in [7, 11) is 1.33. The average Bonchev–Trinajstić information content (AvgIpc) is 2.66. The minimum Gasteiger partial charge on any atom is -0.494 e. The molecule has 2 aromatic rings. The van der Waals surface area contributed by atoms with E-state index in [0.29, 0.717) is 5.56 Å². The quantitative estimate of drug-likeness (QED) is 0.584. The molecular weight excluding hydrogens is 374 g/mol. The van der Waals surface area contributed by atoms with Crippen LogP contribution in [0, 0.1) is 11.6 Å². The normalized spacial score (nSPS) is 10.4. The van der Waals surface area contributed by atoms with Gasteiger partial charge in [0.2, 0.25) is 0 Å². The summed E-state index contributed by atoms with van der Waals surface area (Å²) < 4.78 is 36.4. The Bertz CT molecular complexity index is 915. The molecular formula is C19H16F2N2O5. The third-order valence-electron chi connectivity index (χ3n) is 3.31. The fourth-order valence-electron chi connectivity index (χ4n) is 2.01. The summed E-state index contributed by atoms with van der Waals surface area (Å²) in [6.07, 6.45) is 2.28. The first-order valence-corrected chi connectivity index (χ1v) is 7.93. The first-order chi connectivity index (χ1) is 13.4. The van der Waals surface area contributed by atoms with Crippen molar-refractivity contribution < 1.29 is 32.6 Å². The Labute approximate surface area is 158 Å². The van der Waals surface area contributed by atoms with Gasteiger partial charge >= 0.3 is 12.0 Å². The van der Waals surface area contributed by atoms with Crippen molar-refractivity contribution in [1.29, 1.82) is 0 Å². The second kappa shape index (κ2) is 9.81. The Kier molecular flexibility index (Phi) is 7.21. The maximum Gasteiger partial charge on any atom is 0.331 e. The molecule has 3 amide bonds. The lowest BCUT2D eigenvalue weighted by Gasteiger charge is -2.07. The summed E-state index contributed by atoms with van der Waals surface area (Å²) in [6.45, 7) is -0.731. The molecule has 2 aromatic carbocycles. The van der Waals surface area contributed by atoms with Gasteiger partial charge in [-0.2, -0.15) is 0 Å². The first-order valence-electron chi connectivity index (χ1n) is 7.93. The van der Waals surface area contributed by atoms with Gasteiger partial charge in [0.05, 0.1) is 12.8 Å². The third-order valence-corrected chi connectivity index (χ3v) is 3.31. The predicted octanol–water partition coefficient (Wildman–Crippen LogP) is 2.88. The van der Waals surface area contributed by atoms with E-state index in [4.69, 9.17) is 4.74 Å². The van der Waals surface area contributed by atoms with Crippen LogP contribution < -0.4 is 15.4 Å². The number of carbonyl (C=O) groups is 3. The number of anilines is 1. The van der Waals surface area contributed by atoms with Gasteiger partial charge in [0.15, 0.2) is 18.2 Å². The van der Waals surface area contributed by atoms with E-state index in [1.165, 1.54) is 43.5 Å². The summed E-state index contributed by atoms with van der Waals surface area (Å²) in [4.78, 5) is 34.8. The maximum absolute atomic E-state index is 13.5. The number of para-hydroxylation sites is 1. The van der Waals surface area contributed by atoms with Gasteiger partial charge < -0.3 is 14.8 Å². The molecule has 0 aliphatic carbocycles. The highest BCUT2D eigenvalue weighted by Crippen LogP contribution is 2.18. The van der Waals surface area contributed by atoms with Gasteiger partial charge in [0.25, 0.3) is 5.91 Å². The molecule has 0 unspecified atom stereocenters. The first kappa shape index (κ1) is 20.6. The van der Waals surface area contributed by atoms with E-state index in [1.54, 1.807) is 0 Å². The van der Waals surface area contributed by atoms with Crippen molar-refractivity contribution in [2.24, 2.45) is 0 Å². The van der Waals surface area contributed by atoms with Crippen molar-refractivity contribution in [3.8, 4) is 5.75 Å². The zero-order chi connectivity index (χ0) is 20.5. The molecule has 0 radical (unpaired) electrons. The monoisotopic (exact) mass is 390 g/mol. The van der Waals surface area contributed by atoms with Crippen molar-refractivity contribution in [2.45, 2.75) is 0 Å². The number of urea groups is 1. The molecule has 0 heterocycles. The number of methoxy groups -OCH3 is 1. The zero-order valence-corrected chi connectivity index (χ0v) is 14.7. The van der Waals surface area contributed by atoms with Crippen molar-refractivity contribution in [3.63, 3.8) is 0 Å². The minimum atomic E-state index is -0.976. The van der Waals surface area contributed by atoms with E-state index in [9.17, 15) is 23.2 Å². The molecule has 0 bridgehead atoms. The fourth-order valence-corrected chi connectivity index (χ4v) is 2.01. The van der Waals surface area contributed by atoms with Crippen molar-refractivity contribution in [1.82, 2.24) is 5.32 Å². The third kappa shape index (κ3) is 6.20. The predicted molar refractivity (Wildman–Crippen MR) is 96.5 cm³/mol. The number of esters is 1. The lowest BCUT2D eigenvalue weighted by molar-refractivity contribution is -0.143. The summed E-state index contributed by atoms with van der Waals surface area (Å²) >= 11 is 0. The van der Waals surface area contributed by atoms with Gasteiger partial charge in [-0.15, -0.1) is 0 Å². The number of ether oxygens (including phenoxy) is 2. The van der Waals surface area contributed by atoms with E-state index in [-0.39, 0.29) is 11.4 Å². The molecule has 9 heteroatoms. The second-order valence-electron chi connectivity index (χ2n) is 5.32. The molecule has 0 saturated heterocycles. The van der Waals surface area contributed by atoms with Crippen LogP contribution in [0.5, 0.6) is 5.75 Å². The number of hydrogen-bond acceptors (Lipinski definition) is 5. The lowest BCUT2D eigenvalue weighted by atomic mass is 10.2. The van der Waals surface area contributed by atoms with Crippen LogP contribution in [0.4, 0.5) is 19.3 Å². The van der Waals surface area contributed by atoms with Gasteiger partial charge in [-0.3, -0.25) is 10.1 Å². The van der Waals surface area contributed by atoms with Crippen LogP contribution in [0.25, 0.3) is 6.08 Å². The average molecular weight is 390 g/mol. The van der Waals surface area contributed by atoms with Crippen molar-refractivity contribution in [3.05, 3.63) is 65.7 Å². The van der Waals surface area contributed by atoms with E-state index in [0.717, 1.165) is 18.2 Å². The standard InChI is InChI=1S/C19H16F2N2O5/c1-27-16-8-6-12(10-14(16)21)7-9-18(25)28-11-17(24)23-19(26)22-15-5-3-2-4-13(15)20/h2-10H,11H2,1H3,(H2,22,23,24,26)/b9-7+. The van der Waals surface area contributed by atoms with Crippen LogP contribution in [-0.4, -0.2) is 31.6 Å². The van der Waals surface area contributed by atoms with Crippen molar-refractivity contribution in [2.75, 3.05) is 19.0 Å². The number of benzene rings is 2. The fraction of sp³-hybridized carbons (Fsp3) is 0.105. The van der Waals surface area contributed by atoms with Crippen LogP contribution in [0.15, 0.2) is 48.5 Å². The molecule has 0 aromatic heterocycles. The molecule has 2 N–H and O–H groups in total. The van der Waals surface area contributed by atoms with E-state index in [1.807, 2.05) is 5.32 Å². The molecule has 0 aliphatic heterocycles. The lowest BCUT2D eigenvalue weighted by Crippen LogP contribution is -2.37. The second-order valence-corrected chi connectivity index (χ2v) is 5.32. The van der Waals surface area contributed by atoms with Crippen LogP contribution in [0.1, 0.15) is 5.56 Å². The highest BCUT2D eigenvalue weighted by atomic mass is 19.1. The molecule has 0 atom stereocenters. The molecule has 2 rings (SSSR count). The topological polar surface area (TPSA) is 93.7 Å². The highest BCUT2D eigenvalue weighted by molar-refractivity contribution is 6.02. The SMILES string of the molecule is COc1ccc(/C=C/C(=O)OCC(=O)NC(=O)Nc2ccccc2F)cc1F. The van der Waals surface area contributed by atoms with Crippen LogP contribution >= 0.6 is 0 Å². The minimum absolute atomic E-state index is 0.0602. The number of hydrogen-bond donors (Lipinski definition) is 2. The Morgan fingerprint density at radius 2 is 1.82 bits per heavy atom. The smallest absolute Gasteiger partial charge is 0.331 e. The number of amides is 3. The number of rotatable bonds is 6. The molecule has 0 aliphatic rings. The molecule has 0 spiro atoms. The maximum atomic E-state index is 13.5. The Balaban J connectivity index is 1.78. The van der Waals surface area contributed by atoms with E-state index < -0.39 is 36.1 Å². The van der Waals surface area contributed by atoms with Crippen LogP contribution in [-0.2, 0) is 14.3 Å². The number of halogens is 2. The summed E-state index contributed by atoms with van der Waals surface area (Å²) in [6, 6.07) is 8.48. The Morgan fingerprint density at radius 3 is 2.50 bits per heavy atom. The van der Waals surface area contributed by atoms with Gasteiger partial charge in [-0.1, -0.05) is 18.2 Å². The number of imide groups is 1. The Hall–Kier alpha value is -3.75.